The minimum atomic E-state index is -1.18. The van der Waals surface area contributed by atoms with Crippen LogP contribution in [0.3, 0.4) is 0 Å². The summed E-state index contributed by atoms with van der Waals surface area (Å²) in [7, 11) is 0. The van der Waals surface area contributed by atoms with Crippen molar-refractivity contribution in [1.82, 2.24) is 20.4 Å². The van der Waals surface area contributed by atoms with Gasteiger partial charge in [-0.2, -0.15) is 5.10 Å². The van der Waals surface area contributed by atoms with E-state index in [-0.39, 0.29) is 24.1 Å². The van der Waals surface area contributed by atoms with Gasteiger partial charge in [-0.15, -0.1) is 0 Å². The van der Waals surface area contributed by atoms with E-state index in [1.165, 1.54) is 23.5 Å². The van der Waals surface area contributed by atoms with Crippen LogP contribution in [0, 0.1) is 0 Å². The van der Waals surface area contributed by atoms with Gasteiger partial charge in [0.2, 0.25) is 5.91 Å². The zero-order valence-electron chi connectivity index (χ0n) is 14.9. The van der Waals surface area contributed by atoms with E-state index >= 15 is 0 Å². The fourth-order valence-electron chi connectivity index (χ4n) is 3.90. The van der Waals surface area contributed by atoms with E-state index in [2.05, 4.69) is 15.7 Å². The smallest absolute Gasteiger partial charge is 0.329 e. The van der Waals surface area contributed by atoms with Crippen molar-refractivity contribution in [3.63, 3.8) is 0 Å². The molecule has 1 heterocycles. The molecule has 2 fully saturated rings. The van der Waals surface area contributed by atoms with Crippen molar-refractivity contribution in [1.29, 1.82) is 0 Å². The number of carboxylic acid groups (broad SMARTS) is 1. The molecule has 2 aliphatic rings. The fourth-order valence-corrected chi connectivity index (χ4v) is 3.90. The number of aromatic nitrogens is 2. The van der Waals surface area contributed by atoms with Crippen LogP contribution < -0.4 is 10.6 Å². The second-order valence-corrected chi connectivity index (χ2v) is 7.38. The highest BCUT2D eigenvalue weighted by Gasteiger charge is 2.42. The van der Waals surface area contributed by atoms with Crippen molar-refractivity contribution in [3.05, 3.63) is 18.0 Å². The highest BCUT2D eigenvalue weighted by molar-refractivity contribution is 5.97. The number of carboxylic acids is 1. The maximum Gasteiger partial charge on any atom is 0.329 e. The standard InChI is InChI=1S/C18H26N4O4/c23-15(20-14-6-2-1-3-7-14)12-22-11-13(10-19-22)16(24)21-18(17(25)26)8-4-5-9-18/h10-11,14H,1-9,12H2,(H,20,23)(H,21,24)(H,25,26). The van der Waals surface area contributed by atoms with Gasteiger partial charge < -0.3 is 15.7 Å². The molecule has 142 valence electrons. The molecule has 8 nitrogen and oxygen atoms in total. The third kappa shape index (κ3) is 4.23. The molecule has 0 saturated heterocycles. The number of rotatable bonds is 6. The minimum absolute atomic E-state index is 0.0495. The average Bonchev–Trinajstić information content (AvgIpc) is 3.26. The molecule has 2 amide bonds. The monoisotopic (exact) mass is 362 g/mol. The summed E-state index contributed by atoms with van der Waals surface area (Å²) in [4.78, 5) is 36.1. The van der Waals surface area contributed by atoms with E-state index in [9.17, 15) is 19.5 Å². The average molecular weight is 362 g/mol. The molecule has 3 N–H and O–H groups in total. The van der Waals surface area contributed by atoms with Crippen molar-refractivity contribution >= 4 is 17.8 Å². The van der Waals surface area contributed by atoms with Crippen LogP contribution >= 0.6 is 0 Å². The summed E-state index contributed by atoms with van der Waals surface area (Å²) in [5.41, 5.74) is -0.916. The lowest BCUT2D eigenvalue weighted by Gasteiger charge is -2.24. The van der Waals surface area contributed by atoms with E-state index in [0.717, 1.165) is 38.5 Å². The van der Waals surface area contributed by atoms with Crippen LogP contribution in [-0.4, -0.2) is 44.3 Å². The number of nitrogens with one attached hydrogen (secondary N) is 2. The third-order valence-electron chi connectivity index (χ3n) is 5.39. The molecular formula is C18H26N4O4. The lowest BCUT2D eigenvalue weighted by Crippen LogP contribution is -2.52. The van der Waals surface area contributed by atoms with Gasteiger partial charge in [0.25, 0.3) is 5.91 Å². The molecule has 0 aromatic carbocycles. The molecule has 2 saturated carbocycles. The molecular weight excluding hydrogens is 336 g/mol. The quantitative estimate of drug-likeness (QED) is 0.709. The van der Waals surface area contributed by atoms with Gasteiger partial charge in [0, 0.05) is 12.2 Å². The summed E-state index contributed by atoms with van der Waals surface area (Å²) in [6, 6.07) is 0.229. The fraction of sp³-hybridized carbons (Fsp3) is 0.667. The predicted octanol–water partition coefficient (Wildman–Crippen LogP) is 1.46. The first-order valence-corrected chi connectivity index (χ1v) is 9.36. The maximum atomic E-state index is 12.4. The van der Waals surface area contributed by atoms with Gasteiger partial charge in [-0.1, -0.05) is 32.1 Å². The highest BCUT2D eigenvalue weighted by Crippen LogP contribution is 2.30. The predicted molar refractivity (Wildman–Crippen MR) is 93.5 cm³/mol. The molecule has 3 rings (SSSR count). The van der Waals surface area contributed by atoms with E-state index in [1.807, 2.05) is 0 Å². The normalized spacial score (nSPS) is 19.8. The van der Waals surface area contributed by atoms with Crippen LogP contribution in [0.5, 0.6) is 0 Å². The summed E-state index contributed by atoms with van der Waals surface area (Å²) >= 11 is 0. The first-order chi connectivity index (χ1) is 12.5. The highest BCUT2D eigenvalue weighted by atomic mass is 16.4. The maximum absolute atomic E-state index is 12.4. The van der Waals surface area contributed by atoms with Crippen LogP contribution in [0.15, 0.2) is 12.4 Å². The molecule has 2 aliphatic carbocycles. The third-order valence-corrected chi connectivity index (χ3v) is 5.39. The zero-order chi connectivity index (χ0) is 18.6. The molecule has 26 heavy (non-hydrogen) atoms. The van der Waals surface area contributed by atoms with Crippen molar-refractivity contribution in [3.8, 4) is 0 Å². The molecule has 0 bridgehead atoms. The molecule has 0 aliphatic heterocycles. The first-order valence-electron chi connectivity index (χ1n) is 9.36. The zero-order valence-corrected chi connectivity index (χ0v) is 14.9. The number of aliphatic carboxylic acids is 1. The number of carbonyl (C=O) groups excluding carboxylic acids is 2. The second kappa shape index (κ2) is 7.88. The van der Waals surface area contributed by atoms with Gasteiger partial charge in [0.05, 0.1) is 11.8 Å². The number of hydrogen-bond donors (Lipinski definition) is 3. The molecule has 1 aromatic heterocycles. The second-order valence-electron chi connectivity index (χ2n) is 7.38. The van der Waals surface area contributed by atoms with E-state index in [1.54, 1.807) is 0 Å². The summed E-state index contributed by atoms with van der Waals surface area (Å²) in [5, 5.41) is 19.2. The topological polar surface area (TPSA) is 113 Å². The Hall–Kier alpha value is -2.38. The number of hydrogen-bond acceptors (Lipinski definition) is 4. The Morgan fingerprint density at radius 3 is 2.50 bits per heavy atom. The van der Waals surface area contributed by atoms with Crippen molar-refractivity contribution in [2.24, 2.45) is 0 Å². The van der Waals surface area contributed by atoms with Crippen LogP contribution in [0.2, 0.25) is 0 Å². The largest absolute Gasteiger partial charge is 0.480 e. The van der Waals surface area contributed by atoms with Gasteiger partial charge in [-0.25, -0.2) is 4.79 Å². The van der Waals surface area contributed by atoms with Crippen molar-refractivity contribution < 1.29 is 19.5 Å². The number of amides is 2. The Labute approximate surface area is 152 Å². The molecule has 0 radical (unpaired) electrons. The SMILES string of the molecule is O=C(Cn1cc(C(=O)NC2(C(=O)O)CCCC2)cn1)NC1CCCCC1. The molecule has 0 atom stereocenters. The van der Waals surface area contributed by atoms with E-state index in [0.29, 0.717) is 12.8 Å². The molecule has 0 unspecified atom stereocenters. The van der Waals surface area contributed by atoms with Gasteiger partial charge in [-0.05, 0) is 25.7 Å². The first kappa shape index (κ1) is 18.4. The van der Waals surface area contributed by atoms with Gasteiger partial charge in [0.1, 0.15) is 12.1 Å². The Bertz CT molecular complexity index is 672. The molecule has 8 heteroatoms. The Balaban J connectivity index is 1.55. The van der Waals surface area contributed by atoms with Gasteiger partial charge in [-0.3, -0.25) is 14.3 Å². The summed E-state index contributed by atoms with van der Waals surface area (Å²) in [6.45, 7) is 0.0495. The van der Waals surface area contributed by atoms with Crippen molar-refractivity contribution in [2.45, 2.75) is 75.9 Å². The Morgan fingerprint density at radius 1 is 1.15 bits per heavy atom. The molecule has 1 aromatic rings. The minimum Gasteiger partial charge on any atom is -0.480 e. The van der Waals surface area contributed by atoms with Crippen LogP contribution in [0.4, 0.5) is 0 Å². The van der Waals surface area contributed by atoms with Crippen molar-refractivity contribution in [2.75, 3.05) is 0 Å². The van der Waals surface area contributed by atoms with Gasteiger partial charge in [0.15, 0.2) is 0 Å². The Morgan fingerprint density at radius 2 is 1.85 bits per heavy atom. The summed E-state index contributed by atoms with van der Waals surface area (Å²) in [5.74, 6) is -1.58. The summed E-state index contributed by atoms with van der Waals surface area (Å²) < 4.78 is 1.41. The Kier molecular flexibility index (Phi) is 5.58. The summed E-state index contributed by atoms with van der Waals surface area (Å²) in [6.07, 6.45) is 10.8. The lowest BCUT2D eigenvalue weighted by molar-refractivity contribution is -0.144. The number of carbonyl (C=O) groups is 3. The van der Waals surface area contributed by atoms with E-state index < -0.39 is 17.4 Å². The molecule has 0 spiro atoms. The van der Waals surface area contributed by atoms with Crippen LogP contribution in [-0.2, 0) is 16.1 Å². The van der Waals surface area contributed by atoms with Crippen LogP contribution in [0.1, 0.15) is 68.1 Å². The lowest BCUT2D eigenvalue weighted by atomic mass is 9.95. The van der Waals surface area contributed by atoms with Gasteiger partial charge >= 0.3 is 5.97 Å². The number of nitrogens with zero attached hydrogens (tertiary/aromatic N) is 2. The van der Waals surface area contributed by atoms with E-state index in [4.69, 9.17) is 0 Å². The van der Waals surface area contributed by atoms with Crippen LogP contribution in [0.25, 0.3) is 0 Å².